The molecule has 0 spiro atoms. The SMILES string of the molecule is CN(CCc1ccc(Br)cc1)C(=O)C[C@@H]1CCC[C@H]1N. The van der Waals surface area contributed by atoms with E-state index in [-0.39, 0.29) is 11.9 Å². The fraction of sp³-hybridized carbons (Fsp3) is 0.562. The van der Waals surface area contributed by atoms with Crippen LogP contribution in [0.25, 0.3) is 0 Å². The van der Waals surface area contributed by atoms with Gasteiger partial charge in [0.15, 0.2) is 0 Å². The zero-order valence-corrected chi connectivity index (χ0v) is 13.6. The van der Waals surface area contributed by atoms with E-state index >= 15 is 0 Å². The first kappa shape index (κ1) is 15.5. The second-order valence-electron chi connectivity index (χ2n) is 5.75. The molecule has 1 aromatic rings. The Labute approximate surface area is 129 Å². The van der Waals surface area contributed by atoms with Crippen LogP contribution in [0.3, 0.4) is 0 Å². The zero-order chi connectivity index (χ0) is 14.5. The fourth-order valence-corrected chi connectivity index (χ4v) is 3.04. The summed E-state index contributed by atoms with van der Waals surface area (Å²) in [6.07, 6.45) is 4.85. The molecule has 2 atom stereocenters. The van der Waals surface area contributed by atoms with Crippen molar-refractivity contribution >= 4 is 21.8 Å². The van der Waals surface area contributed by atoms with E-state index in [1.165, 1.54) is 12.0 Å². The van der Waals surface area contributed by atoms with Crippen LogP contribution in [0.2, 0.25) is 0 Å². The molecule has 1 saturated carbocycles. The average molecular weight is 339 g/mol. The van der Waals surface area contributed by atoms with Crippen LogP contribution in [0.1, 0.15) is 31.2 Å². The van der Waals surface area contributed by atoms with Crippen LogP contribution in [0, 0.1) is 5.92 Å². The van der Waals surface area contributed by atoms with Crippen LogP contribution >= 0.6 is 15.9 Å². The standard InChI is InChI=1S/C16H23BrN2O/c1-19(10-9-12-5-7-14(17)8-6-12)16(20)11-13-3-2-4-15(13)18/h5-8,13,15H,2-4,9-11,18H2,1H3/t13-,15+/m0/s1. The van der Waals surface area contributed by atoms with Gasteiger partial charge in [-0.3, -0.25) is 4.79 Å². The van der Waals surface area contributed by atoms with Gasteiger partial charge >= 0.3 is 0 Å². The topological polar surface area (TPSA) is 46.3 Å². The number of hydrogen-bond acceptors (Lipinski definition) is 2. The number of carbonyl (C=O) groups excluding carboxylic acids is 1. The molecule has 0 aromatic heterocycles. The molecular weight excluding hydrogens is 316 g/mol. The smallest absolute Gasteiger partial charge is 0.222 e. The van der Waals surface area contributed by atoms with E-state index in [2.05, 4.69) is 28.1 Å². The van der Waals surface area contributed by atoms with Crippen molar-refractivity contribution < 1.29 is 4.79 Å². The Kier molecular flexibility index (Phi) is 5.61. The van der Waals surface area contributed by atoms with Gasteiger partial charge in [0, 0.05) is 30.5 Å². The number of rotatable bonds is 5. The average Bonchev–Trinajstić information content (AvgIpc) is 2.83. The summed E-state index contributed by atoms with van der Waals surface area (Å²) in [5.41, 5.74) is 7.29. The predicted molar refractivity (Wildman–Crippen MR) is 85.4 cm³/mol. The summed E-state index contributed by atoms with van der Waals surface area (Å²) in [6.45, 7) is 0.766. The molecule has 0 heterocycles. The van der Waals surface area contributed by atoms with Crippen molar-refractivity contribution in [2.45, 2.75) is 38.1 Å². The summed E-state index contributed by atoms with van der Waals surface area (Å²) >= 11 is 3.43. The Morgan fingerprint density at radius 3 is 2.65 bits per heavy atom. The van der Waals surface area contributed by atoms with Gasteiger partial charge in [0.25, 0.3) is 0 Å². The summed E-state index contributed by atoms with van der Waals surface area (Å²) < 4.78 is 1.08. The number of benzene rings is 1. The van der Waals surface area contributed by atoms with Crippen molar-refractivity contribution in [3.63, 3.8) is 0 Å². The molecule has 1 amide bonds. The highest BCUT2D eigenvalue weighted by Crippen LogP contribution is 2.27. The van der Waals surface area contributed by atoms with Gasteiger partial charge in [0.05, 0.1) is 0 Å². The molecule has 0 unspecified atom stereocenters. The second-order valence-corrected chi connectivity index (χ2v) is 6.67. The highest BCUT2D eigenvalue weighted by atomic mass is 79.9. The molecule has 110 valence electrons. The normalized spacial score (nSPS) is 21.9. The molecule has 2 rings (SSSR count). The minimum Gasteiger partial charge on any atom is -0.345 e. The number of amides is 1. The first-order valence-electron chi connectivity index (χ1n) is 7.30. The lowest BCUT2D eigenvalue weighted by atomic mass is 9.99. The van der Waals surface area contributed by atoms with Crippen LogP contribution in [0.4, 0.5) is 0 Å². The Morgan fingerprint density at radius 1 is 1.35 bits per heavy atom. The van der Waals surface area contributed by atoms with Crippen molar-refractivity contribution in [3.8, 4) is 0 Å². The van der Waals surface area contributed by atoms with E-state index in [9.17, 15) is 4.79 Å². The monoisotopic (exact) mass is 338 g/mol. The van der Waals surface area contributed by atoms with E-state index < -0.39 is 0 Å². The van der Waals surface area contributed by atoms with Crippen molar-refractivity contribution in [2.75, 3.05) is 13.6 Å². The second kappa shape index (κ2) is 7.23. The number of hydrogen-bond donors (Lipinski definition) is 1. The van der Waals surface area contributed by atoms with E-state index in [4.69, 9.17) is 5.73 Å². The van der Waals surface area contributed by atoms with Crippen LogP contribution in [0.15, 0.2) is 28.7 Å². The lowest BCUT2D eigenvalue weighted by molar-refractivity contribution is -0.130. The maximum absolute atomic E-state index is 12.2. The van der Waals surface area contributed by atoms with Gasteiger partial charge in [-0.15, -0.1) is 0 Å². The third-order valence-corrected chi connectivity index (χ3v) is 4.76. The highest BCUT2D eigenvalue weighted by Gasteiger charge is 2.26. The van der Waals surface area contributed by atoms with E-state index in [0.717, 1.165) is 30.3 Å². The molecule has 4 heteroatoms. The molecule has 0 aliphatic heterocycles. The maximum atomic E-state index is 12.2. The van der Waals surface area contributed by atoms with Gasteiger partial charge in [-0.05, 0) is 42.9 Å². The minimum absolute atomic E-state index is 0.221. The molecule has 3 nitrogen and oxygen atoms in total. The summed E-state index contributed by atoms with van der Waals surface area (Å²) in [5.74, 6) is 0.613. The minimum atomic E-state index is 0.221. The van der Waals surface area contributed by atoms with Crippen LogP contribution in [-0.4, -0.2) is 30.4 Å². The Bertz CT molecular complexity index is 446. The molecular formula is C16H23BrN2O. The number of nitrogens with two attached hydrogens (primary N) is 1. The van der Waals surface area contributed by atoms with Crippen molar-refractivity contribution in [3.05, 3.63) is 34.3 Å². The summed E-state index contributed by atoms with van der Waals surface area (Å²) in [7, 11) is 1.89. The Hall–Kier alpha value is -0.870. The molecule has 0 radical (unpaired) electrons. The van der Waals surface area contributed by atoms with Crippen LogP contribution < -0.4 is 5.73 Å². The highest BCUT2D eigenvalue weighted by molar-refractivity contribution is 9.10. The third kappa shape index (κ3) is 4.32. The van der Waals surface area contributed by atoms with Crippen molar-refractivity contribution in [2.24, 2.45) is 11.7 Å². The molecule has 20 heavy (non-hydrogen) atoms. The lowest BCUT2D eigenvalue weighted by Gasteiger charge is -2.21. The van der Waals surface area contributed by atoms with Gasteiger partial charge < -0.3 is 10.6 Å². The summed E-state index contributed by atoms with van der Waals surface area (Å²) in [4.78, 5) is 14.0. The maximum Gasteiger partial charge on any atom is 0.222 e. The quantitative estimate of drug-likeness (QED) is 0.897. The van der Waals surface area contributed by atoms with Gasteiger partial charge in [0.2, 0.25) is 5.91 Å². The predicted octanol–water partition coefficient (Wildman–Crippen LogP) is 2.97. The third-order valence-electron chi connectivity index (χ3n) is 4.23. The molecule has 1 aliphatic rings. The molecule has 1 fully saturated rings. The fourth-order valence-electron chi connectivity index (χ4n) is 2.77. The summed E-state index contributed by atoms with van der Waals surface area (Å²) in [6, 6.07) is 8.48. The number of nitrogens with zero attached hydrogens (tertiary/aromatic N) is 1. The molecule has 0 bridgehead atoms. The van der Waals surface area contributed by atoms with Gasteiger partial charge in [-0.1, -0.05) is 34.5 Å². The van der Waals surface area contributed by atoms with Gasteiger partial charge in [0.1, 0.15) is 0 Å². The lowest BCUT2D eigenvalue weighted by Crippen LogP contribution is -2.34. The number of halogens is 1. The van der Waals surface area contributed by atoms with Gasteiger partial charge in [-0.2, -0.15) is 0 Å². The Balaban J connectivity index is 1.77. The number of carbonyl (C=O) groups is 1. The zero-order valence-electron chi connectivity index (χ0n) is 12.0. The Morgan fingerprint density at radius 2 is 2.05 bits per heavy atom. The molecule has 1 aromatic carbocycles. The summed E-state index contributed by atoms with van der Waals surface area (Å²) in [5, 5.41) is 0. The number of likely N-dealkylation sites (N-methyl/N-ethyl adjacent to an activating group) is 1. The van der Waals surface area contributed by atoms with Gasteiger partial charge in [-0.25, -0.2) is 0 Å². The first-order valence-corrected chi connectivity index (χ1v) is 8.09. The van der Waals surface area contributed by atoms with Crippen molar-refractivity contribution in [1.29, 1.82) is 0 Å². The van der Waals surface area contributed by atoms with E-state index in [1.807, 2.05) is 24.1 Å². The van der Waals surface area contributed by atoms with Crippen LogP contribution in [0.5, 0.6) is 0 Å². The van der Waals surface area contributed by atoms with E-state index in [0.29, 0.717) is 12.3 Å². The molecule has 2 N–H and O–H groups in total. The first-order chi connectivity index (χ1) is 9.56. The van der Waals surface area contributed by atoms with Crippen LogP contribution in [-0.2, 0) is 11.2 Å². The molecule has 0 saturated heterocycles. The van der Waals surface area contributed by atoms with Crippen molar-refractivity contribution in [1.82, 2.24) is 4.90 Å². The van der Waals surface area contributed by atoms with E-state index in [1.54, 1.807) is 0 Å². The molecule has 1 aliphatic carbocycles. The largest absolute Gasteiger partial charge is 0.345 e.